The highest BCUT2D eigenvalue weighted by Gasteiger charge is 2.27. The number of H-pyrrole nitrogens is 1. The molecular weight excluding hydrogens is 322 g/mol. The molecule has 0 amide bonds. The molecule has 2 atom stereocenters. The van der Waals surface area contributed by atoms with Gasteiger partial charge in [0.1, 0.15) is 12.4 Å². The maximum absolute atomic E-state index is 10.2. The normalized spacial score (nSPS) is 21.7. The first-order valence-electron chi connectivity index (χ1n) is 7.38. The van der Waals surface area contributed by atoms with Crippen LogP contribution in [-0.4, -0.2) is 26.0 Å². The van der Waals surface area contributed by atoms with Crippen molar-refractivity contribution in [2.45, 2.75) is 44.4 Å². The molecule has 3 rings (SSSR count). The molecule has 2 N–H and O–H groups in total. The molecule has 1 aromatic carbocycles. The minimum atomic E-state index is -0.392. The predicted molar refractivity (Wildman–Crippen MR) is 86.7 cm³/mol. The second kappa shape index (κ2) is 6.81. The minimum absolute atomic E-state index is 0.0372. The number of aromatic amines is 1. The van der Waals surface area contributed by atoms with E-state index in [0.29, 0.717) is 21.4 Å². The third-order valence-electron chi connectivity index (χ3n) is 4.00. The number of hydrogen-bond acceptors (Lipinski definition) is 4. The smallest absolute Gasteiger partial charge is 0.195 e. The first kappa shape index (κ1) is 15.5. The summed E-state index contributed by atoms with van der Waals surface area (Å²) >= 11 is 11.4. The molecule has 1 heterocycles. The largest absolute Gasteiger partial charge is 0.484 e. The monoisotopic (exact) mass is 339 g/mol. The highest BCUT2D eigenvalue weighted by molar-refractivity contribution is 7.71. The topological polar surface area (TPSA) is 63.1 Å². The summed E-state index contributed by atoms with van der Waals surface area (Å²) in [7, 11) is 0. The predicted octanol–water partition coefficient (Wildman–Crippen LogP) is 3.65. The van der Waals surface area contributed by atoms with Crippen molar-refractivity contribution < 1.29 is 9.84 Å². The summed E-state index contributed by atoms with van der Waals surface area (Å²) in [6, 6.07) is 7.26. The molecule has 1 aliphatic carbocycles. The van der Waals surface area contributed by atoms with Gasteiger partial charge in [-0.05, 0) is 37.2 Å². The van der Waals surface area contributed by atoms with Gasteiger partial charge < -0.3 is 9.84 Å². The summed E-state index contributed by atoms with van der Waals surface area (Å²) in [6.07, 6.45) is 3.43. The highest BCUT2D eigenvalue weighted by Crippen LogP contribution is 2.30. The van der Waals surface area contributed by atoms with Crippen LogP contribution in [0.1, 0.15) is 37.5 Å². The number of rotatable bonds is 4. The van der Waals surface area contributed by atoms with Gasteiger partial charge >= 0.3 is 0 Å². The zero-order chi connectivity index (χ0) is 15.5. The van der Waals surface area contributed by atoms with Gasteiger partial charge in [-0.15, -0.1) is 0 Å². The summed E-state index contributed by atoms with van der Waals surface area (Å²) in [6.45, 7) is 0.250. The molecule has 0 radical (unpaired) electrons. The number of nitrogens with one attached hydrogen (secondary N) is 1. The molecule has 7 heteroatoms. The number of aliphatic hydroxyl groups excluding tert-OH is 1. The Morgan fingerprint density at radius 1 is 1.36 bits per heavy atom. The lowest BCUT2D eigenvalue weighted by Gasteiger charge is -2.29. The fourth-order valence-corrected chi connectivity index (χ4v) is 3.35. The Kier molecular flexibility index (Phi) is 4.81. The summed E-state index contributed by atoms with van der Waals surface area (Å²) in [5.74, 6) is 1.28. The summed E-state index contributed by atoms with van der Waals surface area (Å²) in [5, 5.41) is 17.8. The lowest BCUT2D eigenvalue weighted by atomic mass is 9.92. The average Bonchev–Trinajstić information content (AvgIpc) is 2.88. The molecule has 2 aromatic rings. The van der Waals surface area contributed by atoms with Crippen molar-refractivity contribution >= 4 is 23.8 Å². The fourth-order valence-electron chi connectivity index (χ4n) is 2.88. The van der Waals surface area contributed by atoms with Gasteiger partial charge in [-0.2, -0.15) is 5.10 Å². The number of nitrogens with zero attached hydrogens (tertiary/aromatic N) is 2. The molecule has 0 spiro atoms. The molecule has 22 heavy (non-hydrogen) atoms. The zero-order valence-electron chi connectivity index (χ0n) is 12.0. The molecule has 118 valence electrons. The summed E-state index contributed by atoms with van der Waals surface area (Å²) in [4.78, 5) is 0. The van der Waals surface area contributed by atoms with Crippen molar-refractivity contribution in [1.29, 1.82) is 0 Å². The first-order valence-corrected chi connectivity index (χ1v) is 8.16. The highest BCUT2D eigenvalue weighted by atomic mass is 35.5. The van der Waals surface area contributed by atoms with Crippen LogP contribution in [0.5, 0.6) is 5.75 Å². The van der Waals surface area contributed by atoms with E-state index in [4.69, 9.17) is 28.6 Å². The quantitative estimate of drug-likeness (QED) is 0.835. The number of hydrogen-bond donors (Lipinski definition) is 2. The third kappa shape index (κ3) is 3.19. The Morgan fingerprint density at radius 3 is 2.91 bits per heavy atom. The maximum Gasteiger partial charge on any atom is 0.195 e. The van der Waals surface area contributed by atoms with Gasteiger partial charge in [-0.1, -0.05) is 36.6 Å². The van der Waals surface area contributed by atoms with Crippen molar-refractivity contribution in [1.82, 2.24) is 14.8 Å². The van der Waals surface area contributed by atoms with E-state index in [2.05, 4.69) is 10.2 Å². The number of halogens is 1. The number of benzene rings is 1. The summed E-state index contributed by atoms with van der Waals surface area (Å²) in [5.41, 5.74) is 0. The Labute approximate surface area is 138 Å². The SMILES string of the molecule is O[C@H]1CCCC[C@@H]1n1c(COc2ccccc2Cl)n[nH]c1=S. The van der Waals surface area contributed by atoms with Crippen LogP contribution < -0.4 is 4.74 Å². The van der Waals surface area contributed by atoms with Crippen molar-refractivity contribution in [3.63, 3.8) is 0 Å². The van der Waals surface area contributed by atoms with Crippen LogP contribution in [0.2, 0.25) is 5.02 Å². The standard InChI is InChI=1S/C15H18ClN3O2S/c16-10-5-1-4-8-13(10)21-9-14-17-18-15(22)19(14)11-6-2-3-7-12(11)20/h1,4-5,8,11-12,20H,2-3,6-7,9H2,(H,18,22)/t11-,12-/m0/s1. The van der Waals surface area contributed by atoms with E-state index in [9.17, 15) is 5.11 Å². The van der Waals surface area contributed by atoms with E-state index >= 15 is 0 Å². The molecule has 1 saturated carbocycles. The van der Waals surface area contributed by atoms with Gasteiger partial charge in [0.05, 0.1) is 17.2 Å². The number of para-hydroxylation sites is 1. The average molecular weight is 340 g/mol. The van der Waals surface area contributed by atoms with Gasteiger partial charge in [0.15, 0.2) is 10.6 Å². The zero-order valence-corrected chi connectivity index (χ0v) is 13.6. The number of ether oxygens (including phenoxy) is 1. The first-order chi connectivity index (χ1) is 10.7. The molecule has 1 fully saturated rings. The van der Waals surface area contributed by atoms with Crippen LogP contribution in [0.3, 0.4) is 0 Å². The second-order valence-electron chi connectivity index (χ2n) is 5.45. The second-order valence-corrected chi connectivity index (χ2v) is 6.25. The van der Waals surface area contributed by atoms with Crippen LogP contribution in [-0.2, 0) is 6.61 Å². The van der Waals surface area contributed by atoms with E-state index in [0.717, 1.165) is 25.7 Å². The van der Waals surface area contributed by atoms with E-state index < -0.39 is 6.10 Å². The van der Waals surface area contributed by atoms with Crippen LogP contribution in [0.25, 0.3) is 0 Å². The lowest BCUT2D eigenvalue weighted by Crippen LogP contribution is -2.29. The molecule has 0 unspecified atom stereocenters. The van der Waals surface area contributed by atoms with E-state index in [1.807, 2.05) is 22.8 Å². The van der Waals surface area contributed by atoms with Gasteiger partial charge in [-0.3, -0.25) is 9.67 Å². The van der Waals surface area contributed by atoms with E-state index in [-0.39, 0.29) is 12.6 Å². The molecule has 1 aromatic heterocycles. The van der Waals surface area contributed by atoms with Crippen molar-refractivity contribution in [3.8, 4) is 5.75 Å². The molecule has 1 aliphatic rings. The summed E-state index contributed by atoms with van der Waals surface area (Å²) < 4.78 is 8.14. The van der Waals surface area contributed by atoms with Crippen LogP contribution in [0.15, 0.2) is 24.3 Å². The van der Waals surface area contributed by atoms with Gasteiger partial charge in [0.2, 0.25) is 0 Å². The molecular formula is C15H18ClN3O2S. The van der Waals surface area contributed by atoms with Gasteiger partial charge in [0.25, 0.3) is 0 Å². The molecule has 0 saturated heterocycles. The van der Waals surface area contributed by atoms with Crippen LogP contribution in [0, 0.1) is 4.77 Å². The maximum atomic E-state index is 10.2. The minimum Gasteiger partial charge on any atom is -0.484 e. The van der Waals surface area contributed by atoms with Crippen LogP contribution >= 0.6 is 23.8 Å². The van der Waals surface area contributed by atoms with Crippen molar-refractivity contribution in [3.05, 3.63) is 39.9 Å². The third-order valence-corrected chi connectivity index (χ3v) is 4.60. The molecule has 0 aliphatic heterocycles. The number of aromatic nitrogens is 3. The van der Waals surface area contributed by atoms with Crippen LogP contribution in [0.4, 0.5) is 0 Å². The van der Waals surface area contributed by atoms with Crippen molar-refractivity contribution in [2.75, 3.05) is 0 Å². The van der Waals surface area contributed by atoms with Crippen molar-refractivity contribution in [2.24, 2.45) is 0 Å². The Hall–Kier alpha value is -1.37. The van der Waals surface area contributed by atoms with Gasteiger partial charge in [0, 0.05) is 0 Å². The van der Waals surface area contributed by atoms with E-state index in [1.165, 1.54) is 0 Å². The Bertz CT molecular complexity index is 700. The molecule has 0 bridgehead atoms. The fraction of sp³-hybridized carbons (Fsp3) is 0.467. The number of aliphatic hydroxyl groups is 1. The Morgan fingerprint density at radius 2 is 2.14 bits per heavy atom. The lowest BCUT2D eigenvalue weighted by molar-refractivity contribution is 0.0715. The van der Waals surface area contributed by atoms with Gasteiger partial charge in [-0.25, -0.2) is 0 Å². The van der Waals surface area contributed by atoms with E-state index in [1.54, 1.807) is 6.07 Å². The molecule has 5 nitrogen and oxygen atoms in total. The Balaban J connectivity index is 1.80.